The number of halogens is 3. The van der Waals surface area contributed by atoms with E-state index in [0.29, 0.717) is 0 Å². The standard InChI is InChI=1S/C14H19F2N3O3S.ClH/c1-17-8-14(20)19-9-11(16)5-12(19)7-18-23(21,22)13-4-2-3-10(15)6-13;/h2-4,6,11-12,17-18H,5,7-9H2,1H3;1H/t11-,12-;/m0./s1. The molecule has 1 heterocycles. The van der Waals surface area contributed by atoms with Gasteiger partial charge in [-0.2, -0.15) is 0 Å². The van der Waals surface area contributed by atoms with E-state index in [1.807, 2.05) is 0 Å². The first-order valence-corrected chi connectivity index (χ1v) is 8.65. The lowest BCUT2D eigenvalue weighted by Crippen LogP contribution is -2.45. The number of benzene rings is 1. The van der Waals surface area contributed by atoms with Gasteiger partial charge in [-0.15, -0.1) is 12.4 Å². The lowest BCUT2D eigenvalue weighted by Gasteiger charge is -2.24. The number of likely N-dealkylation sites (tertiary alicyclic amines) is 1. The van der Waals surface area contributed by atoms with Crippen LogP contribution in [0.25, 0.3) is 0 Å². The van der Waals surface area contributed by atoms with E-state index < -0.39 is 28.1 Å². The van der Waals surface area contributed by atoms with Crippen molar-refractivity contribution in [3.63, 3.8) is 0 Å². The number of amides is 1. The molecule has 0 unspecified atom stereocenters. The molecule has 1 aliphatic heterocycles. The summed E-state index contributed by atoms with van der Waals surface area (Å²) in [4.78, 5) is 13.0. The second-order valence-corrected chi connectivity index (χ2v) is 7.14. The maximum Gasteiger partial charge on any atom is 0.240 e. The van der Waals surface area contributed by atoms with Gasteiger partial charge < -0.3 is 10.2 Å². The minimum atomic E-state index is -3.92. The molecule has 1 aromatic carbocycles. The first kappa shape index (κ1) is 20.8. The van der Waals surface area contributed by atoms with Crippen LogP contribution in [0.4, 0.5) is 8.78 Å². The highest BCUT2D eigenvalue weighted by molar-refractivity contribution is 7.89. The van der Waals surface area contributed by atoms with E-state index >= 15 is 0 Å². The second kappa shape index (κ2) is 8.70. The Morgan fingerprint density at radius 2 is 2.12 bits per heavy atom. The number of alkyl halides is 1. The van der Waals surface area contributed by atoms with Crippen LogP contribution in [-0.4, -0.2) is 58.1 Å². The number of hydrogen-bond donors (Lipinski definition) is 2. The van der Waals surface area contributed by atoms with Crippen LogP contribution < -0.4 is 10.0 Å². The Morgan fingerprint density at radius 1 is 1.42 bits per heavy atom. The number of hydrogen-bond acceptors (Lipinski definition) is 4. The van der Waals surface area contributed by atoms with Gasteiger partial charge in [0.05, 0.1) is 18.0 Å². The molecule has 0 saturated carbocycles. The van der Waals surface area contributed by atoms with Crippen molar-refractivity contribution in [1.29, 1.82) is 0 Å². The van der Waals surface area contributed by atoms with Gasteiger partial charge in [0.15, 0.2) is 0 Å². The SMILES string of the molecule is CNCC(=O)N1C[C@@H](F)C[C@H]1CNS(=O)(=O)c1cccc(F)c1.Cl. The normalized spacial score (nSPS) is 20.7. The van der Waals surface area contributed by atoms with E-state index in [-0.39, 0.29) is 49.3 Å². The zero-order valence-corrected chi connectivity index (χ0v) is 14.7. The summed E-state index contributed by atoms with van der Waals surface area (Å²) in [5.74, 6) is -0.953. The first-order valence-electron chi connectivity index (χ1n) is 7.17. The third kappa shape index (κ3) is 5.10. The minimum absolute atomic E-state index is 0. The fourth-order valence-electron chi connectivity index (χ4n) is 2.53. The van der Waals surface area contributed by atoms with Gasteiger partial charge in [0, 0.05) is 19.0 Å². The Bertz CT molecular complexity index is 675. The van der Waals surface area contributed by atoms with E-state index in [4.69, 9.17) is 0 Å². The minimum Gasteiger partial charge on any atom is -0.334 e. The van der Waals surface area contributed by atoms with Crippen LogP contribution in [0, 0.1) is 5.82 Å². The van der Waals surface area contributed by atoms with Gasteiger partial charge in [-0.1, -0.05) is 6.07 Å². The van der Waals surface area contributed by atoms with Crippen LogP contribution in [0.2, 0.25) is 0 Å². The van der Waals surface area contributed by atoms with Crippen LogP contribution in [-0.2, 0) is 14.8 Å². The van der Waals surface area contributed by atoms with E-state index in [9.17, 15) is 22.0 Å². The van der Waals surface area contributed by atoms with E-state index in [2.05, 4.69) is 10.0 Å². The summed E-state index contributed by atoms with van der Waals surface area (Å²) in [6.45, 7) is -0.110. The molecule has 0 bridgehead atoms. The van der Waals surface area contributed by atoms with Gasteiger partial charge in [-0.3, -0.25) is 4.79 Å². The van der Waals surface area contributed by atoms with Crippen molar-refractivity contribution in [3.05, 3.63) is 30.1 Å². The second-order valence-electron chi connectivity index (χ2n) is 5.37. The Balaban J connectivity index is 0.00000288. The lowest BCUT2D eigenvalue weighted by molar-refractivity contribution is -0.131. The summed E-state index contributed by atoms with van der Waals surface area (Å²) in [5, 5.41) is 2.69. The zero-order chi connectivity index (χ0) is 17.0. The molecule has 1 fully saturated rings. The van der Waals surface area contributed by atoms with Gasteiger partial charge in [-0.25, -0.2) is 21.9 Å². The van der Waals surface area contributed by atoms with Crippen molar-refractivity contribution in [1.82, 2.24) is 14.9 Å². The molecule has 2 rings (SSSR count). The van der Waals surface area contributed by atoms with E-state index in [1.165, 1.54) is 17.0 Å². The number of rotatable bonds is 6. The third-order valence-corrected chi connectivity index (χ3v) is 5.05. The third-order valence-electron chi connectivity index (χ3n) is 3.63. The zero-order valence-electron chi connectivity index (χ0n) is 13.0. The van der Waals surface area contributed by atoms with Crippen LogP contribution in [0.3, 0.4) is 0 Å². The molecule has 1 saturated heterocycles. The molecule has 24 heavy (non-hydrogen) atoms. The van der Waals surface area contributed by atoms with Crippen molar-refractivity contribution in [2.45, 2.75) is 23.5 Å². The fourth-order valence-corrected chi connectivity index (χ4v) is 3.64. The molecule has 1 amide bonds. The summed E-state index contributed by atoms with van der Waals surface area (Å²) in [6.07, 6.45) is -1.11. The monoisotopic (exact) mass is 383 g/mol. The molecule has 6 nitrogen and oxygen atoms in total. The van der Waals surface area contributed by atoms with Crippen LogP contribution >= 0.6 is 12.4 Å². The Hall–Kier alpha value is -1.29. The predicted molar refractivity (Wildman–Crippen MR) is 87.8 cm³/mol. The largest absolute Gasteiger partial charge is 0.334 e. The Morgan fingerprint density at radius 3 is 2.75 bits per heavy atom. The molecule has 10 heteroatoms. The van der Waals surface area contributed by atoms with Crippen molar-refractivity contribution in [2.75, 3.05) is 26.7 Å². The number of carbonyl (C=O) groups excluding carboxylic acids is 1. The summed E-state index contributed by atoms with van der Waals surface area (Å²) in [6, 6.07) is 4.04. The summed E-state index contributed by atoms with van der Waals surface area (Å²) >= 11 is 0. The van der Waals surface area contributed by atoms with E-state index in [0.717, 1.165) is 12.1 Å². The van der Waals surface area contributed by atoms with Crippen LogP contribution in [0.1, 0.15) is 6.42 Å². The topological polar surface area (TPSA) is 78.5 Å². The highest BCUT2D eigenvalue weighted by Gasteiger charge is 2.35. The van der Waals surface area contributed by atoms with Gasteiger partial charge in [0.1, 0.15) is 12.0 Å². The van der Waals surface area contributed by atoms with E-state index in [1.54, 1.807) is 7.05 Å². The van der Waals surface area contributed by atoms with Crippen LogP contribution in [0.15, 0.2) is 29.2 Å². The summed E-state index contributed by atoms with van der Waals surface area (Å²) in [7, 11) is -2.32. The quantitative estimate of drug-likeness (QED) is 0.757. The average Bonchev–Trinajstić information content (AvgIpc) is 2.87. The number of likely N-dealkylation sites (N-methyl/N-ethyl adjacent to an activating group) is 1. The van der Waals surface area contributed by atoms with Gasteiger partial charge in [-0.05, 0) is 25.2 Å². The molecule has 1 aliphatic rings. The smallest absolute Gasteiger partial charge is 0.240 e. The number of carbonyl (C=O) groups is 1. The van der Waals surface area contributed by atoms with Crippen molar-refractivity contribution >= 4 is 28.3 Å². The molecule has 1 aromatic rings. The Labute approximate surface area is 146 Å². The first-order chi connectivity index (χ1) is 10.8. The molecular formula is C14H20ClF2N3O3S. The van der Waals surface area contributed by atoms with Gasteiger partial charge >= 0.3 is 0 Å². The fraction of sp³-hybridized carbons (Fsp3) is 0.500. The molecule has 136 valence electrons. The molecule has 0 aromatic heterocycles. The maximum atomic E-state index is 13.6. The number of nitrogens with zero attached hydrogens (tertiary/aromatic N) is 1. The average molecular weight is 384 g/mol. The molecule has 2 atom stereocenters. The molecular weight excluding hydrogens is 364 g/mol. The van der Waals surface area contributed by atoms with Crippen molar-refractivity contribution in [3.8, 4) is 0 Å². The van der Waals surface area contributed by atoms with Crippen molar-refractivity contribution < 1.29 is 22.0 Å². The van der Waals surface area contributed by atoms with Crippen LogP contribution in [0.5, 0.6) is 0 Å². The van der Waals surface area contributed by atoms with Gasteiger partial charge in [0.25, 0.3) is 0 Å². The molecule has 0 aliphatic carbocycles. The summed E-state index contributed by atoms with van der Waals surface area (Å²) in [5.41, 5.74) is 0. The predicted octanol–water partition coefficient (Wildman–Crippen LogP) is 0.684. The molecule has 0 radical (unpaired) electrons. The highest BCUT2D eigenvalue weighted by atomic mass is 35.5. The molecule has 0 spiro atoms. The lowest BCUT2D eigenvalue weighted by atomic mass is 10.2. The Kier molecular flexibility index (Phi) is 7.53. The maximum absolute atomic E-state index is 13.6. The molecule has 2 N–H and O–H groups in total. The van der Waals surface area contributed by atoms with Gasteiger partial charge in [0.2, 0.25) is 15.9 Å². The number of nitrogens with one attached hydrogen (secondary N) is 2. The number of sulfonamides is 1. The highest BCUT2D eigenvalue weighted by Crippen LogP contribution is 2.20. The summed E-state index contributed by atoms with van der Waals surface area (Å²) < 4.78 is 53.3. The van der Waals surface area contributed by atoms with Crippen molar-refractivity contribution in [2.24, 2.45) is 0 Å².